The molecule has 1 rings (SSSR count). The molecule has 25 heavy (non-hydrogen) atoms. The van der Waals surface area contributed by atoms with Gasteiger partial charge in [0.15, 0.2) is 0 Å². The molecule has 0 heterocycles. The van der Waals surface area contributed by atoms with Gasteiger partial charge in [-0.25, -0.2) is 0 Å². The molecular formula is C9H16B3F12O-3. The maximum absolute atomic E-state index is 9.75. The van der Waals surface area contributed by atoms with E-state index in [9.17, 15) is 51.8 Å². The predicted molar refractivity (Wildman–Crippen MR) is 77.0 cm³/mol. The van der Waals surface area contributed by atoms with E-state index in [1.165, 1.54) is 0 Å². The fourth-order valence-electron chi connectivity index (χ4n) is 0.557. The van der Waals surface area contributed by atoms with E-state index >= 15 is 0 Å². The van der Waals surface area contributed by atoms with E-state index in [2.05, 4.69) is 0 Å². The number of rotatable bonds is 1. The molecule has 16 heteroatoms. The Morgan fingerprint density at radius 3 is 0.880 bits per heavy atom. The molecule has 0 N–H and O–H groups in total. The summed E-state index contributed by atoms with van der Waals surface area (Å²) in [6, 6.07) is 9.68. The van der Waals surface area contributed by atoms with Crippen molar-refractivity contribution in [2.24, 2.45) is 0 Å². The lowest BCUT2D eigenvalue weighted by Gasteiger charge is -1.94. The van der Waals surface area contributed by atoms with E-state index in [4.69, 9.17) is 4.74 Å². The van der Waals surface area contributed by atoms with Gasteiger partial charge in [0.25, 0.3) is 0 Å². The molecule has 0 aliphatic heterocycles. The van der Waals surface area contributed by atoms with E-state index in [1.54, 1.807) is 7.11 Å². The van der Waals surface area contributed by atoms with E-state index < -0.39 is 21.8 Å². The average Bonchev–Trinajstić information content (AvgIpc) is 2.23. The van der Waals surface area contributed by atoms with Crippen LogP contribution < -0.4 is 4.74 Å². The molecule has 0 aliphatic carbocycles. The van der Waals surface area contributed by atoms with Gasteiger partial charge in [-0.05, 0) is 12.1 Å². The maximum Gasteiger partial charge on any atom is 0.673 e. The molecule has 0 saturated carbocycles. The summed E-state index contributed by atoms with van der Waals surface area (Å²) in [5, 5.41) is 0. The predicted octanol–water partition coefficient (Wildman–Crippen LogP) is 6.87. The SMILES string of the molecule is C.C.COc1ccccc1.F[B-](F)(F)F.F[B-](F)(F)F.F[B-](F)(F)F. The van der Waals surface area contributed by atoms with Gasteiger partial charge >= 0.3 is 21.8 Å². The Morgan fingerprint density at radius 1 is 0.560 bits per heavy atom. The standard InChI is InChI=1S/C7H8O.2CH4.3BF4/c1-8-7-5-3-2-4-6-7;;;3*2-1(3,4)5/h2-6H,1H3;2*1H4;;;/q;;;3*-1. The highest BCUT2D eigenvalue weighted by molar-refractivity contribution is 6.50. The lowest BCUT2D eigenvalue weighted by molar-refractivity contribution is 0.366. The van der Waals surface area contributed by atoms with Gasteiger partial charge in [-0.3, -0.25) is 0 Å². The lowest BCUT2D eigenvalue weighted by atomic mass is 10.3. The van der Waals surface area contributed by atoms with Crippen LogP contribution in [-0.4, -0.2) is 28.9 Å². The molecule has 0 radical (unpaired) electrons. The summed E-state index contributed by atoms with van der Waals surface area (Å²) >= 11 is 0. The van der Waals surface area contributed by atoms with Crippen molar-refractivity contribution < 1.29 is 56.5 Å². The second-order valence-corrected chi connectivity index (χ2v) is 3.00. The minimum absolute atomic E-state index is 0. The van der Waals surface area contributed by atoms with E-state index in [0.717, 1.165) is 5.75 Å². The van der Waals surface area contributed by atoms with Gasteiger partial charge in [-0.1, -0.05) is 33.1 Å². The van der Waals surface area contributed by atoms with Crippen molar-refractivity contribution in [2.45, 2.75) is 14.9 Å². The van der Waals surface area contributed by atoms with Crippen LogP contribution in [0.4, 0.5) is 51.8 Å². The molecule has 0 bridgehead atoms. The number of ether oxygens (including phenoxy) is 1. The number of hydrogen-bond donors (Lipinski definition) is 0. The summed E-state index contributed by atoms with van der Waals surface area (Å²) in [6.45, 7) is 0. The first-order chi connectivity index (χ1) is 9.93. The molecular weight excluding hydrogens is 385 g/mol. The Bertz CT molecular complexity index is 332. The Kier molecular flexibility index (Phi) is 22.0. The van der Waals surface area contributed by atoms with Crippen LogP contribution in [-0.2, 0) is 0 Å². The fraction of sp³-hybridized carbons (Fsp3) is 0.333. The van der Waals surface area contributed by atoms with Crippen molar-refractivity contribution in [2.75, 3.05) is 7.11 Å². The van der Waals surface area contributed by atoms with Crippen LogP contribution in [0.2, 0.25) is 0 Å². The van der Waals surface area contributed by atoms with Gasteiger partial charge in [-0.15, -0.1) is 0 Å². The normalized spacial score (nSPS) is 9.96. The van der Waals surface area contributed by atoms with Crippen molar-refractivity contribution in [1.82, 2.24) is 0 Å². The van der Waals surface area contributed by atoms with Crippen molar-refractivity contribution >= 4 is 21.8 Å². The zero-order chi connectivity index (χ0) is 19.3. The molecule has 0 saturated heterocycles. The maximum atomic E-state index is 9.75. The molecule has 0 aromatic heterocycles. The lowest BCUT2D eigenvalue weighted by Crippen LogP contribution is -2.02. The fourth-order valence-corrected chi connectivity index (χ4v) is 0.557. The summed E-state index contributed by atoms with van der Waals surface area (Å²) in [5.41, 5.74) is 0. The molecule has 0 atom stereocenters. The van der Waals surface area contributed by atoms with E-state index in [0.29, 0.717) is 0 Å². The van der Waals surface area contributed by atoms with Crippen LogP contribution in [0.5, 0.6) is 5.75 Å². The highest BCUT2D eigenvalue weighted by Crippen LogP contribution is 2.07. The highest BCUT2D eigenvalue weighted by Gasteiger charge is 2.21. The second-order valence-electron chi connectivity index (χ2n) is 3.00. The first-order valence-electron chi connectivity index (χ1n) is 5.14. The highest BCUT2D eigenvalue weighted by atomic mass is 19.5. The first-order valence-corrected chi connectivity index (χ1v) is 5.14. The van der Waals surface area contributed by atoms with Gasteiger partial charge in [0, 0.05) is 0 Å². The third-order valence-corrected chi connectivity index (χ3v) is 0.979. The smallest absolute Gasteiger partial charge is 0.497 e. The summed E-state index contributed by atoms with van der Waals surface area (Å²) in [4.78, 5) is 0. The molecule has 0 amide bonds. The number of methoxy groups -OCH3 is 1. The third-order valence-electron chi connectivity index (χ3n) is 0.979. The number of para-hydroxylation sites is 1. The van der Waals surface area contributed by atoms with Gasteiger partial charge in [0.1, 0.15) is 5.75 Å². The Hall–Kier alpha value is -1.63. The van der Waals surface area contributed by atoms with Gasteiger partial charge in [-0.2, -0.15) is 0 Å². The average molecular weight is 401 g/mol. The van der Waals surface area contributed by atoms with Crippen LogP contribution in [0.25, 0.3) is 0 Å². The zero-order valence-corrected chi connectivity index (χ0v) is 11.1. The molecule has 1 aromatic rings. The Labute approximate surface area is 137 Å². The molecule has 0 aliphatic rings. The van der Waals surface area contributed by atoms with E-state index in [-0.39, 0.29) is 14.9 Å². The summed E-state index contributed by atoms with van der Waals surface area (Å²) < 4.78 is 122. The summed E-state index contributed by atoms with van der Waals surface area (Å²) in [7, 11) is -16.3. The van der Waals surface area contributed by atoms with Gasteiger partial charge < -0.3 is 56.5 Å². The molecule has 1 aromatic carbocycles. The molecule has 0 fully saturated rings. The number of benzene rings is 1. The summed E-state index contributed by atoms with van der Waals surface area (Å²) in [6.07, 6.45) is 0. The second kappa shape index (κ2) is 15.9. The van der Waals surface area contributed by atoms with Gasteiger partial charge in [0.2, 0.25) is 0 Å². The van der Waals surface area contributed by atoms with Crippen LogP contribution in [0, 0.1) is 0 Å². The Morgan fingerprint density at radius 2 is 0.760 bits per heavy atom. The third kappa shape index (κ3) is 132. The largest absolute Gasteiger partial charge is 0.673 e. The topological polar surface area (TPSA) is 9.23 Å². The zero-order valence-electron chi connectivity index (χ0n) is 11.1. The van der Waals surface area contributed by atoms with Crippen molar-refractivity contribution in [3.8, 4) is 5.75 Å². The van der Waals surface area contributed by atoms with Crippen LogP contribution in [0.1, 0.15) is 14.9 Å². The van der Waals surface area contributed by atoms with Crippen LogP contribution in [0.3, 0.4) is 0 Å². The van der Waals surface area contributed by atoms with Crippen molar-refractivity contribution in [3.05, 3.63) is 30.3 Å². The van der Waals surface area contributed by atoms with Crippen LogP contribution in [0.15, 0.2) is 30.3 Å². The monoisotopic (exact) mass is 401 g/mol. The van der Waals surface area contributed by atoms with E-state index in [1.807, 2.05) is 30.3 Å². The minimum Gasteiger partial charge on any atom is -0.497 e. The van der Waals surface area contributed by atoms with Crippen molar-refractivity contribution in [1.29, 1.82) is 0 Å². The summed E-state index contributed by atoms with van der Waals surface area (Å²) in [5.74, 6) is 0.910. The number of halogens is 12. The molecule has 0 spiro atoms. The minimum atomic E-state index is -6.00. The first kappa shape index (κ1) is 34.7. The Balaban J connectivity index is -0.0000000714. The quantitative estimate of drug-likeness (QED) is 0.369. The number of hydrogen-bond acceptors (Lipinski definition) is 1. The van der Waals surface area contributed by atoms with Gasteiger partial charge in [0.05, 0.1) is 7.11 Å². The van der Waals surface area contributed by atoms with Crippen molar-refractivity contribution in [3.63, 3.8) is 0 Å². The molecule has 154 valence electrons. The molecule has 0 unspecified atom stereocenters. The molecule has 1 nitrogen and oxygen atoms in total. The van der Waals surface area contributed by atoms with Crippen LogP contribution >= 0.6 is 0 Å².